The Morgan fingerprint density at radius 1 is 1.24 bits per heavy atom. The normalized spacial score (nSPS) is 15.0. The zero-order valence-corrected chi connectivity index (χ0v) is 17.3. The Hall–Kier alpha value is -1.69. The number of rotatable bonds is 9. The van der Waals surface area contributed by atoms with Crippen molar-refractivity contribution in [3.8, 4) is 0 Å². The van der Waals surface area contributed by atoms with E-state index in [1.54, 1.807) is 6.92 Å². The molecule has 0 atom stereocenters. The SMILES string of the molecule is COC(CNCc1sc2c(c1C)c(=O)n(C1CC1)c(=O)n2CCC(F)(F)F)OC. The second-order valence-corrected chi connectivity index (χ2v) is 8.15. The maximum Gasteiger partial charge on any atom is 0.390 e. The van der Waals surface area contributed by atoms with Gasteiger partial charge in [0.05, 0.1) is 11.8 Å². The maximum atomic E-state index is 13.0. The molecule has 2 heterocycles. The van der Waals surface area contributed by atoms with Crippen molar-refractivity contribution < 1.29 is 22.6 Å². The van der Waals surface area contributed by atoms with E-state index in [4.69, 9.17) is 9.47 Å². The molecule has 0 unspecified atom stereocenters. The van der Waals surface area contributed by atoms with Crippen molar-refractivity contribution in [2.45, 2.75) is 57.8 Å². The number of alkyl halides is 3. The van der Waals surface area contributed by atoms with E-state index in [1.807, 2.05) is 0 Å². The Morgan fingerprint density at radius 2 is 1.90 bits per heavy atom. The number of fused-ring (bicyclic) bond motifs is 1. The van der Waals surface area contributed by atoms with Crippen molar-refractivity contribution in [2.75, 3.05) is 20.8 Å². The molecule has 7 nitrogen and oxygen atoms in total. The molecular formula is C18H24F3N3O4S. The molecule has 0 radical (unpaired) electrons. The summed E-state index contributed by atoms with van der Waals surface area (Å²) in [7, 11) is 3.03. The lowest BCUT2D eigenvalue weighted by Gasteiger charge is -2.13. The molecule has 3 rings (SSSR count). The zero-order chi connectivity index (χ0) is 21.3. The first-order valence-corrected chi connectivity index (χ1v) is 10.1. The molecule has 1 aliphatic carbocycles. The smallest absolute Gasteiger partial charge is 0.355 e. The highest BCUT2D eigenvalue weighted by atomic mass is 32.1. The summed E-state index contributed by atoms with van der Waals surface area (Å²) in [5.41, 5.74) is -0.389. The van der Waals surface area contributed by atoms with Crippen LogP contribution in [0.15, 0.2) is 9.59 Å². The average molecular weight is 435 g/mol. The van der Waals surface area contributed by atoms with Crippen molar-refractivity contribution in [1.82, 2.24) is 14.5 Å². The average Bonchev–Trinajstić information content (AvgIpc) is 3.42. The van der Waals surface area contributed by atoms with Crippen LogP contribution in [0.25, 0.3) is 10.2 Å². The number of thiophene rings is 1. The van der Waals surface area contributed by atoms with Crippen LogP contribution in [0.4, 0.5) is 13.2 Å². The first-order valence-electron chi connectivity index (χ1n) is 9.28. The van der Waals surface area contributed by atoms with Crippen LogP contribution in [0.3, 0.4) is 0 Å². The van der Waals surface area contributed by atoms with E-state index < -0.39 is 36.7 Å². The lowest BCUT2D eigenvalue weighted by Crippen LogP contribution is -2.39. The maximum absolute atomic E-state index is 13.0. The van der Waals surface area contributed by atoms with E-state index in [2.05, 4.69) is 5.32 Å². The Morgan fingerprint density at radius 3 is 2.45 bits per heavy atom. The Bertz CT molecular complexity index is 987. The van der Waals surface area contributed by atoms with E-state index >= 15 is 0 Å². The third kappa shape index (κ3) is 4.73. The van der Waals surface area contributed by atoms with Gasteiger partial charge in [-0.3, -0.25) is 13.9 Å². The zero-order valence-electron chi connectivity index (χ0n) is 16.5. The van der Waals surface area contributed by atoms with Crippen LogP contribution in [-0.4, -0.2) is 42.4 Å². The summed E-state index contributed by atoms with van der Waals surface area (Å²) in [5.74, 6) is 0. The van der Waals surface area contributed by atoms with E-state index in [-0.39, 0.29) is 6.04 Å². The van der Waals surface area contributed by atoms with Gasteiger partial charge in [0.1, 0.15) is 4.83 Å². The number of ether oxygens (including phenoxy) is 2. The van der Waals surface area contributed by atoms with Crippen LogP contribution >= 0.6 is 11.3 Å². The van der Waals surface area contributed by atoms with Crippen molar-refractivity contribution in [1.29, 1.82) is 0 Å². The largest absolute Gasteiger partial charge is 0.390 e. The fraction of sp³-hybridized carbons (Fsp3) is 0.667. The first kappa shape index (κ1) is 22.0. The van der Waals surface area contributed by atoms with Crippen molar-refractivity contribution in [3.63, 3.8) is 0 Å². The standard InChI is InChI=1S/C18H24F3N3O4S/c1-10-12(8-22-9-13(27-2)28-3)29-16-14(10)15(25)24(11-4-5-11)17(26)23(16)7-6-18(19,20)21/h11,13,22H,4-9H2,1-3H3. The van der Waals surface area contributed by atoms with E-state index in [1.165, 1.54) is 25.6 Å². The molecule has 2 aromatic heterocycles. The van der Waals surface area contributed by atoms with Gasteiger partial charge in [-0.2, -0.15) is 13.2 Å². The highest BCUT2D eigenvalue weighted by Gasteiger charge is 2.32. The van der Waals surface area contributed by atoms with Crippen LogP contribution in [0.2, 0.25) is 0 Å². The number of aryl methyl sites for hydroxylation is 2. The molecule has 162 valence electrons. The summed E-state index contributed by atoms with van der Waals surface area (Å²) < 4.78 is 50.9. The van der Waals surface area contributed by atoms with Gasteiger partial charge >= 0.3 is 11.9 Å². The Kier molecular flexibility index (Phi) is 6.51. The fourth-order valence-electron chi connectivity index (χ4n) is 3.24. The second-order valence-electron chi connectivity index (χ2n) is 7.07. The number of halogens is 3. The molecule has 11 heteroatoms. The number of hydrogen-bond donors (Lipinski definition) is 1. The lowest BCUT2D eigenvalue weighted by molar-refractivity contribution is -0.136. The number of nitrogens with zero attached hydrogens (tertiary/aromatic N) is 2. The summed E-state index contributed by atoms with van der Waals surface area (Å²) in [6, 6.07) is -0.221. The molecule has 1 N–H and O–H groups in total. The third-order valence-corrected chi connectivity index (χ3v) is 6.31. The molecule has 0 saturated heterocycles. The van der Waals surface area contributed by atoms with Crippen molar-refractivity contribution in [3.05, 3.63) is 31.3 Å². The van der Waals surface area contributed by atoms with E-state index in [0.29, 0.717) is 41.7 Å². The highest BCUT2D eigenvalue weighted by molar-refractivity contribution is 7.18. The van der Waals surface area contributed by atoms with Gasteiger partial charge in [0, 0.05) is 44.8 Å². The second kappa shape index (κ2) is 8.58. The fourth-order valence-corrected chi connectivity index (χ4v) is 4.52. The monoisotopic (exact) mass is 435 g/mol. The molecule has 29 heavy (non-hydrogen) atoms. The van der Waals surface area contributed by atoms with Gasteiger partial charge in [0.2, 0.25) is 0 Å². The highest BCUT2D eigenvalue weighted by Crippen LogP contribution is 2.34. The molecule has 0 bridgehead atoms. The quantitative estimate of drug-likeness (QED) is 0.613. The predicted octanol–water partition coefficient (Wildman–Crippen LogP) is 2.53. The number of hydrogen-bond acceptors (Lipinski definition) is 6. The van der Waals surface area contributed by atoms with Crippen LogP contribution in [0.5, 0.6) is 0 Å². The molecule has 0 spiro atoms. The molecule has 0 aliphatic heterocycles. The van der Waals surface area contributed by atoms with Crippen LogP contribution in [-0.2, 0) is 22.6 Å². The molecule has 0 amide bonds. The number of aromatic nitrogens is 2. The van der Waals surface area contributed by atoms with Crippen LogP contribution in [0, 0.1) is 6.92 Å². The molecular weight excluding hydrogens is 411 g/mol. The number of methoxy groups -OCH3 is 2. The molecule has 2 aromatic rings. The summed E-state index contributed by atoms with van der Waals surface area (Å²) in [6.45, 7) is 2.03. The topological polar surface area (TPSA) is 74.5 Å². The minimum atomic E-state index is -4.39. The Balaban J connectivity index is 2.02. The minimum absolute atomic E-state index is 0.221. The Labute approximate surface area is 169 Å². The van der Waals surface area contributed by atoms with Gasteiger partial charge < -0.3 is 14.8 Å². The molecule has 1 fully saturated rings. The summed E-state index contributed by atoms with van der Waals surface area (Å²) in [4.78, 5) is 26.9. The molecule has 0 aromatic carbocycles. The van der Waals surface area contributed by atoms with Crippen LogP contribution < -0.4 is 16.6 Å². The van der Waals surface area contributed by atoms with Crippen molar-refractivity contribution in [2.24, 2.45) is 0 Å². The molecule has 1 aliphatic rings. The van der Waals surface area contributed by atoms with Crippen molar-refractivity contribution >= 4 is 21.6 Å². The summed E-state index contributed by atoms with van der Waals surface area (Å²) >= 11 is 1.18. The molecule has 1 saturated carbocycles. The van der Waals surface area contributed by atoms with E-state index in [9.17, 15) is 22.8 Å². The predicted molar refractivity (Wildman–Crippen MR) is 104 cm³/mol. The van der Waals surface area contributed by atoms with Gasteiger partial charge in [-0.05, 0) is 25.3 Å². The number of nitrogens with one attached hydrogen (secondary N) is 1. The van der Waals surface area contributed by atoms with Gasteiger partial charge in [0.15, 0.2) is 6.29 Å². The van der Waals surface area contributed by atoms with Gasteiger partial charge in [0.25, 0.3) is 5.56 Å². The van der Waals surface area contributed by atoms with Gasteiger partial charge in [-0.1, -0.05) is 0 Å². The van der Waals surface area contributed by atoms with Gasteiger partial charge in [-0.15, -0.1) is 11.3 Å². The lowest BCUT2D eigenvalue weighted by atomic mass is 10.2. The van der Waals surface area contributed by atoms with Crippen LogP contribution in [0.1, 0.15) is 35.7 Å². The van der Waals surface area contributed by atoms with Gasteiger partial charge in [-0.25, -0.2) is 4.79 Å². The third-order valence-electron chi connectivity index (χ3n) is 5.00. The minimum Gasteiger partial charge on any atom is -0.355 e. The first-order chi connectivity index (χ1) is 13.7. The summed E-state index contributed by atoms with van der Waals surface area (Å²) in [6.07, 6.45) is -4.58. The summed E-state index contributed by atoms with van der Waals surface area (Å²) in [5, 5.41) is 3.48. The van der Waals surface area contributed by atoms with E-state index in [0.717, 1.165) is 14.0 Å².